The van der Waals surface area contributed by atoms with Crippen LogP contribution in [0.4, 0.5) is 30.6 Å². The molecular weight excluding hydrogens is 436 g/mol. The van der Waals surface area contributed by atoms with E-state index in [1.807, 2.05) is 30.3 Å². The van der Waals surface area contributed by atoms with Crippen LogP contribution in [0.1, 0.15) is 0 Å². The van der Waals surface area contributed by atoms with Crippen molar-refractivity contribution >= 4 is 40.0 Å². The van der Waals surface area contributed by atoms with Crippen LogP contribution >= 0.6 is 22.6 Å². The number of rotatable bonds is 7. The molecule has 0 aliphatic rings. The Morgan fingerprint density at radius 2 is 1.96 bits per heavy atom. The van der Waals surface area contributed by atoms with Crippen LogP contribution in [0.15, 0.2) is 36.4 Å². The smallest absolute Gasteiger partial charge is 0.284 e. The van der Waals surface area contributed by atoms with Crippen LogP contribution in [0.25, 0.3) is 0 Å². The van der Waals surface area contributed by atoms with Gasteiger partial charge in [-0.2, -0.15) is 9.97 Å². The fraction of sp³-hybridized carbons (Fsp3) is 0.333. The molecule has 24 heavy (non-hydrogen) atoms. The van der Waals surface area contributed by atoms with E-state index in [0.717, 1.165) is 28.3 Å². The number of para-hydroxylation sites is 1. The second kappa shape index (κ2) is 7.86. The summed E-state index contributed by atoms with van der Waals surface area (Å²) < 4.78 is 41.1. The SMILES string of the molecule is CNc1cc(OCC(F)(I)C(F)F)nc(N(C)c2ccccc2)n1. The van der Waals surface area contributed by atoms with E-state index in [0.29, 0.717) is 5.82 Å². The first-order valence-corrected chi connectivity index (χ1v) is 8.06. The van der Waals surface area contributed by atoms with Crippen molar-refractivity contribution in [2.24, 2.45) is 0 Å². The molecule has 1 aromatic heterocycles. The fourth-order valence-electron chi connectivity index (χ4n) is 1.77. The van der Waals surface area contributed by atoms with Crippen LogP contribution in [0, 0.1) is 0 Å². The molecule has 9 heteroatoms. The van der Waals surface area contributed by atoms with Gasteiger partial charge in [0.2, 0.25) is 11.8 Å². The van der Waals surface area contributed by atoms with E-state index in [9.17, 15) is 13.2 Å². The normalized spacial score (nSPS) is 13.5. The number of alkyl halides is 4. The summed E-state index contributed by atoms with van der Waals surface area (Å²) in [5, 5.41) is 2.83. The van der Waals surface area contributed by atoms with Crippen molar-refractivity contribution in [1.29, 1.82) is 0 Å². The van der Waals surface area contributed by atoms with Crippen molar-refractivity contribution in [1.82, 2.24) is 9.97 Å². The molecular formula is C15H16F3IN4O. The molecule has 2 rings (SSSR count). The molecule has 1 aromatic carbocycles. The number of benzene rings is 1. The van der Waals surface area contributed by atoms with E-state index in [1.54, 1.807) is 19.0 Å². The molecule has 0 saturated heterocycles. The van der Waals surface area contributed by atoms with Crippen molar-refractivity contribution in [2.45, 2.75) is 10.1 Å². The van der Waals surface area contributed by atoms with Crippen molar-refractivity contribution in [3.8, 4) is 5.88 Å². The fourth-order valence-corrected chi connectivity index (χ4v) is 1.92. The Bertz CT molecular complexity index is 673. The molecule has 0 amide bonds. The first-order valence-electron chi connectivity index (χ1n) is 6.98. The van der Waals surface area contributed by atoms with Crippen molar-refractivity contribution in [3.63, 3.8) is 0 Å². The highest BCUT2D eigenvalue weighted by molar-refractivity contribution is 14.1. The molecule has 0 spiro atoms. The zero-order valence-corrected chi connectivity index (χ0v) is 15.2. The maximum absolute atomic E-state index is 13.6. The van der Waals surface area contributed by atoms with Crippen molar-refractivity contribution < 1.29 is 17.9 Å². The number of hydrogen-bond donors (Lipinski definition) is 1. The van der Waals surface area contributed by atoms with Crippen molar-refractivity contribution in [2.75, 3.05) is 30.9 Å². The Morgan fingerprint density at radius 3 is 2.54 bits per heavy atom. The Labute approximate surface area is 151 Å². The average Bonchev–Trinajstić information content (AvgIpc) is 2.59. The van der Waals surface area contributed by atoms with Crippen LogP contribution in [-0.4, -0.2) is 40.8 Å². The largest absolute Gasteiger partial charge is 0.473 e. The lowest BCUT2D eigenvalue weighted by Gasteiger charge is -2.20. The monoisotopic (exact) mass is 452 g/mol. The number of nitrogens with one attached hydrogen (secondary N) is 1. The number of nitrogens with zero attached hydrogens (tertiary/aromatic N) is 3. The van der Waals surface area contributed by atoms with E-state index < -0.39 is 16.7 Å². The molecule has 1 unspecified atom stereocenters. The summed E-state index contributed by atoms with van der Waals surface area (Å²) in [6.45, 7) is -0.820. The average molecular weight is 452 g/mol. The third-order valence-corrected chi connectivity index (χ3v) is 3.90. The van der Waals surface area contributed by atoms with Gasteiger partial charge in [-0.05, 0) is 34.7 Å². The van der Waals surface area contributed by atoms with Crippen LogP contribution in [-0.2, 0) is 0 Å². The van der Waals surface area contributed by atoms with Gasteiger partial charge in [0, 0.05) is 25.8 Å². The van der Waals surface area contributed by atoms with Gasteiger partial charge in [-0.25, -0.2) is 13.2 Å². The molecule has 1 heterocycles. The van der Waals surface area contributed by atoms with E-state index >= 15 is 0 Å². The van der Waals surface area contributed by atoms with Crippen LogP contribution in [0.2, 0.25) is 0 Å². The van der Waals surface area contributed by atoms with Gasteiger partial charge in [0.1, 0.15) is 12.4 Å². The number of ether oxygens (including phenoxy) is 1. The Morgan fingerprint density at radius 1 is 1.29 bits per heavy atom. The number of halogens is 4. The lowest BCUT2D eigenvalue weighted by Crippen LogP contribution is -2.32. The predicted octanol–water partition coefficient (Wildman–Crippen LogP) is 4.03. The van der Waals surface area contributed by atoms with Gasteiger partial charge < -0.3 is 15.0 Å². The second-order valence-electron chi connectivity index (χ2n) is 4.89. The highest BCUT2D eigenvalue weighted by Crippen LogP contribution is 2.30. The van der Waals surface area contributed by atoms with Gasteiger partial charge in [-0.1, -0.05) is 18.2 Å². The minimum absolute atomic E-state index is 0.00599. The van der Waals surface area contributed by atoms with Gasteiger partial charge in [0.05, 0.1) is 0 Å². The molecule has 130 valence electrons. The van der Waals surface area contributed by atoms with E-state index in [4.69, 9.17) is 4.74 Å². The quantitative estimate of drug-likeness (QED) is 0.508. The van der Waals surface area contributed by atoms with Crippen LogP contribution in [0.3, 0.4) is 0 Å². The maximum atomic E-state index is 13.6. The summed E-state index contributed by atoms with van der Waals surface area (Å²) in [5.41, 5.74) is 0.831. The second-order valence-corrected chi connectivity index (χ2v) is 6.68. The molecule has 1 atom stereocenters. The minimum Gasteiger partial charge on any atom is -0.473 e. The number of hydrogen-bond acceptors (Lipinski definition) is 5. The third kappa shape index (κ3) is 4.62. The molecule has 0 bridgehead atoms. The first-order chi connectivity index (χ1) is 11.3. The standard InChI is InChI=1S/C15H16F3IN4O/c1-20-11-8-12(24-9-15(18,19)13(16)17)22-14(21-11)23(2)10-6-4-3-5-7-10/h3-8,13H,9H2,1-2H3,(H,20,21,22). The molecule has 0 fully saturated rings. The lowest BCUT2D eigenvalue weighted by molar-refractivity contribution is 0.0108. The minimum atomic E-state index is -3.16. The summed E-state index contributed by atoms with van der Waals surface area (Å²) >= 11 is 1.03. The van der Waals surface area contributed by atoms with E-state index in [1.165, 1.54) is 6.07 Å². The molecule has 0 aliphatic carbocycles. The molecule has 2 aromatic rings. The Kier molecular flexibility index (Phi) is 6.08. The number of anilines is 3. The maximum Gasteiger partial charge on any atom is 0.284 e. The Hall–Kier alpha value is -1.78. The molecule has 0 saturated carbocycles. The summed E-state index contributed by atoms with van der Waals surface area (Å²) in [6.07, 6.45) is -3.16. The van der Waals surface area contributed by atoms with Crippen LogP contribution < -0.4 is 15.0 Å². The van der Waals surface area contributed by atoms with Gasteiger partial charge >= 0.3 is 0 Å². The number of aromatic nitrogens is 2. The van der Waals surface area contributed by atoms with Gasteiger partial charge in [-0.15, -0.1) is 0 Å². The molecule has 0 aliphatic heterocycles. The van der Waals surface area contributed by atoms with Crippen LogP contribution in [0.5, 0.6) is 5.88 Å². The van der Waals surface area contributed by atoms with Gasteiger partial charge in [-0.3, -0.25) is 0 Å². The summed E-state index contributed by atoms with van der Waals surface area (Å²) in [4.78, 5) is 10.1. The summed E-state index contributed by atoms with van der Waals surface area (Å²) in [6, 6.07) is 10.7. The zero-order chi connectivity index (χ0) is 17.7. The molecule has 0 radical (unpaired) electrons. The zero-order valence-electron chi connectivity index (χ0n) is 13.0. The molecule has 5 nitrogen and oxygen atoms in total. The van der Waals surface area contributed by atoms with E-state index in [-0.39, 0.29) is 11.8 Å². The summed E-state index contributed by atoms with van der Waals surface area (Å²) in [5.74, 6) is 0.720. The Balaban J connectivity index is 2.24. The van der Waals surface area contributed by atoms with E-state index in [2.05, 4.69) is 15.3 Å². The lowest BCUT2D eigenvalue weighted by atomic mass is 10.3. The third-order valence-electron chi connectivity index (χ3n) is 3.12. The topological polar surface area (TPSA) is 50.3 Å². The van der Waals surface area contributed by atoms with Gasteiger partial charge in [0.25, 0.3) is 10.1 Å². The first kappa shape index (κ1) is 18.6. The highest BCUT2D eigenvalue weighted by atomic mass is 127. The van der Waals surface area contributed by atoms with Crippen molar-refractivity contribution in [3.05, 3.63) is 36.4 Å². The predicted molar refractivity (Wildman–Crippen MR) is 95.4 cm³/mol. The highest BCUT2D eigenvalue weighted by Gasteiger charge is 2.38. The van der Waals surface area contributed by atoms with Gasteiger partial charge in [0.15, 0.2) is 0 Å². The molecule has 1 N–H and O–H groups in total. The summed E-state index contributed by atoms with van der Waals surface area (Å²) in [7, 11) is 3.40.